The van der Waals surface area contributed by atoms with Gasteiger partial charge in [-0.2, -0.15) is 0 Å². The number of benzene rings is 1. The zero-order chi connectivity index (χ0) is 18.8. The van der Waals surface area contributed by atoms with E-state index >= 15 is 0 Å². The Morgan fingerprint density at radius 1 is 1.42 bits per heavy atom. The molecule has 2 amide bonds. The first kappa shape index (κ1) is 18.1. The summed E-state index contributed by atoms with van der Waals surface area (Å²) in [5.74, 6) is -0.490. The smallest absolute Gasteiger partial charge is 0.270 e. The molecule has 0 saturated carbocycles. The van der Waals surface area contributed by atoms with Gasteiger partial charge in [-0.3, -0.25) is 19.7 Å². The van der Waals surface area contributed by atoms with Crippen molar-refractivity contribution in [3.8, 4) is 0 Å². The third-order valence-electron chi connectivity index (χ3n) is 4.74. The standard InChI is InChI=1S/C18H19N3O4S/c1-2-10-6-7-13-14(8-10)26-18(15(13)16(19)22)20-17(23)11-4-3-5-12(9-11)21(24)25/h3-5,9-10H,2,6-8H2,1H3,(H2,19,22)(H,20,23)/t10-/m0/s1. The summed E-state index contributed by atoms with van der Waals surface area (Å²) in [6.45, 7) is 2.14. The van der Waals surface area contributed by atoms with Crippen molar-refractivity contribution in [2.24, 2.45) is 11.7 Å². The van der Waals surface area contributed by atoms with Gasteiger partial charge in [-0.25, -0.2) is 0 Å². The van der Waals surface area contributed by atoms with Crippen LogP contribution in [0.2, 0.25) is 0 Å². The number of nitrogens with two attached hydrogens (primary N) is 1. The van der Waals surface area contributed by atoms with E-state index in [1.54, 1.807) is 0 Å². The van der Waals surface area contributed by atoms with Crippen LogP contribution in [0.25, 0.3) is 0 Å². The molecule has 0 fully saturated rings. The molecule has 3 rings (SSSR count). The number of nitro groups is 1. The molecule has 136 valence electrons. The van der Waals surface area contributed by atoms with Crippen LogP contribution in [-0.4, -0.2) is 16.7 Å². The summed E-state index contributed by atoms with van der Waals surface area (Å²) in [6.07, 6.45) is 3.72. The highest BCUT2D eigenvalue weighted by atomic mass is 32.1. The number of rotatable bonds is 5. The number of non-ortho nitro benzene ring substituents is 1. The molecule has 8 heteroatoms. The molecule has 0 spiro atoms. The molecule has 26 heavy (non-hydrogen) atoms. The summed E-state index contributed by atoms with van der Waals surface area (Å²) >= 11 is 1.38. The van der Waals surface area contributed by atoms with Gasteiger partial charge in [0.25, 0.3) is 17.5 Å². The molecule has 1 aromatic heterocycles. The van der Waals surface area contributed by atoms with E-state index in [2.05, 4.69) is 12.2 Å². The average molecular weight is 373 g/mol. The van der Waals surface area contributed by atoms with Crippen LogP contribution in [0.3, 0.4) is 0 Å². The highest BCUT2D eigenvalue weighted by Gasteiger charge is 2.28. The number of thiophene rings is 1. The molecule has 7 nitrogen and oxygen atoms in total. The van der Waals surface area contributed by atoms with Gasteiger partial charge in [0, 0.05) is 22.6 Å². The lowest BCUT2D eigenvalue weighted by molar-refractivity contribution is -0.384. The molecule has 1 aromatic carbocycles. The predicted octanol–water partition coefficient (Wildman–Crippen LogP) is 3.52. The Morgan fingerprint density at radius 2 is 2.19 bits per heavy atom. The van der Waals surface area contributed by atoms with Gasteiger partial charge in [-0.15, -0.1) is 11.3 Å². The SMILES string of the molecule is CC[C@H]1CCc2c(sc(NC(=O)c3cccc([N+](=O)[O-])c3)c2C(N)=O)C1. The molecule has 2 aromatic rings. The number of nitro benzene ring substituents is 1. The normalized spacial score (nSPS) is 16.0. The number of fused-ring (bicyclic) bond motifs is 1. The van der Waals surface area contributed by atoms with Crippen molar-refractivity contribution in [1.29, 1.82) is 0 Å². The molecular formula is C18H19N3O4S. The van der Waals surface area contributed by atoms with Crippen LogP contribution in [0.15, 0.2) is 24.3 Å². The lowest BCUT2D eigenvalue weighted by atomic mass is 9.85. The Balaban J connectivity index is 1.91. The van der Waals surface area contributed by atoms with Crippen LogP contribution in [-0.2, 0) is 12.8 Å². The Labute approximate surface area is 154 Å². The Hall–Kier alpha value is -2.74. The number of primary amides is 1. The van der Waals surface area contributed by atoms with E-state index in [1.165, 1.54) is 35.6 Å². The minimum Gasteiger partial charge on any atom is -0.365 e. The Morgan fingerprint density at radius 3 is 2.85 bits per heavy atom. The van der Waals surface area contributed by atoms with Crippen molar-refractivity contribution in [2.45, 2.75) is 32.6 Å². The van der Waals surface area contributed by atoms with Crippen LogP contribution in [0.4, 0.5) is 10.7 Å². The number of hydrogen-bond donors (Lipinski definition) is 2. The van der Waals surface area contributed by atoms with E-state index in [1.807, 2.05) is 0 Å². The van der Waals surface area contributed by atoms with E-state index in [4.69, 9.17) is 5.73 Å². The van der Waals surface area contributed by atoms with E-state index in [0.29, 0.717) is 16.5 Å². The van der Waals surface area contributed by atoms with Gasteiger partial charge in [0.1, 0.15) is 5.00 Å². The summed E-state index contributed by atoms with van der Waals surface area (Å²) in [7, 11) is 0. The highest BCUT2D eigenvalue weighted by molar-refractivity contribution is 7.17. The van der Waals surface area contributed by atoms with Crippen LogP contribution in [0, 0.1) is 16.0 Å². The zero-order valence-electron chi connectivity index (χ0n) is 14.3. The number of carbonyl (C=O) groups is 2. The maximum Gasteiger partial charge on any atom is 0.270 e. The number of nitrogens with one attached hydrogen (secondary N) is 1. The molecule has 1 atom stereocenters. The second-order valence-electron chi connectivity index (χ2n) is 6.35. The number of anilines is 1. The minimum absolute atomic E-state index is 0.160. The van der Waals surface area contributed by atoms with Crippen LogP contribution >= 0.6 is 11.3 Å². The Kier molecular flexibility index (Phi) is 5.03. The van der Waals surface area contributed by atoms with E-state index in [-0.39, 0.29) is 11.3 Å². The fourth-order valence-electron chi connectivity index (χ4n) is 3.29. The van der Waals surface area contributed by atoms with Gasteiger partial charge in [-0.1, -0.05) is 19.4 Å². The van der Waals surface area contributed by atoms with E-state index < -0.39 is 16.7 Å². The first-order valence-electron chi connectivity index (χ1n) is 8.40. The molecule has 0 unspecified atom stereocenters. The van der Waals surface area contributed by atoms with Gasteiger partial charge in [0.2, 0.25) is 0 Å². The lowest BCUT2D eigenvalue weighted by Gasteiger charge is -2.20. The third kappa shape index (κ3) is 3.45. The molecule has 0 bridgehead atoms. The van der Waals surface area contributed by atoms with Gasteiger partial charge in [0.15, 0.2) is 0 Å². The Bertz CT molecular complexity index is 891. The van der Waals surface area contributed by atoms with E-state index in [9.17, 15) is 19.7 Å². The largest absolute Gasteiger partial charge is 0.365 e. The summed E-state index contributed by atoms with van der Waals surface area (Å²) < 4.78 is 0. The van der Waals surface area contributed by atoms with Crippen molar-refractivity contribution in [3.63, 3.8) is 0 Å². The average Bonchev–Trinajstić information content (AvgIpc) is 2.98. The first-order valence-corrected chi connectivity index (χ1v) is 9.22. The highest BCUT2D eigenvalue weighted by Crippen LogP contribution is 2.40. The molecule has 1 aliphatic rings. The maximum absolute atomic E-state index is 12.5. The number of carbonyl (C=O) groups excluding carboxylic acids is 2. The summed E-state index contributed by atoms with van der Waals surface area (Å²) in [5.41, 5.74) is 6.86. The first-order chi connectivity index (χ1) is 12.4. The lowest BCUT2D eigenvalue weighted by Crippen LogP contribution is -2.19. The fraction of sp³-hybridized carbons (Fsp3) is 0.333. The van der Waals surface area contributed by atoms with Gasteiger partial charge in [-0.05, 0) is 36.8 Å². The van der Waals surface area contributed by atoms with Crippen molar-refractivity contribution in [1.82, 2.24) is 0 Å². The summed E-state index contributed by atoms with van der Waals surface area (Å²) in [4.78, 5) is 35.9. The van der Waals surface area contributed by atoms with Crippen molar-refractivity contribution in [3.05, 3.63) is 55.9 Å². The van der Waals surface area contributed by atoms with Crippen LogP contribution in [0.1, 0.15) is 50.9 Å². The quantitative estimate of drug-likeness (QED) is 0.616. The second-order valence-corrected chi connectivity index (χ2v) is 7.46. The zero-order valence-corrected chi connectivity index (χ0v) is 15.1. The molecule has 1 aliphatic carbocycles. The molecule has 0 aliphatic heterocycles. The number of hydrogen-bond acceptors (Lipinski definition) is 5. The van der Waals surface area contributed by atoms with Crippen molar-refractivity contribution < 1.29 is 14.5 Å². The summed E-state index contributed by atoms with van der Waals surface area (Å²) in [5, 5.41) is 14.0. The van der Waals surface area contributed by atoms with Gasteiger partial charge < -0.3 is 11.1 Å². The molecule has 3 N–H and O–H groups in total. The van der Waals surface area contributed by atoms with Crippen molar-refractivity contribution in [2.75, 3.05) is 5.32 Å². The minimum atomic E-state index is -0.563. The molecule has 1 heterocycles. The van der Waals surface area contributed by atoms with Crippen LogP contribution in [0.5, 0.6) is 0 Å². The third-order valence-corrected chi connectivity index (χ3v) is 5.91. The van der Waals surface area contributed by atoms with Crippen molar-refractivity contribution >= 4 is 33.8 Å². The second kappa shape index (κ2) is 7.25. The maximum atomic E-state index is 12.5. The molecular weight excluding hydrogens is 354 g/mol. The number of amides is 2. The predicted molar refractivity (Wildman–Crippen MR) is 99.7 cm³/mol. The summed E-state index contributed by atoms with van der Waals surface area (Å²) in [6, 6.07) is 5.47. The number of nitrogens with zero attached hydrogens (tertiary/aromatic N) is 1. The molecule has 0 radical (unpaired) electrons. The van der Waals surface area contributed by atoms with Gasteiger partial charge in [0.05, 0.1) is 10.5 Å². The topological polar surface area (TPSA) is 115 Å². The monoisotopic (exact) mass is 373 g/mol. The fourth-order valence-corrected chi connectivity index (χ4v) is 4.65. The van der Waals surface area contributed by atoms with Crippen LogP contribution < -0.4 is 11.1 Å². The van der Waals surface area contributed by atoms with Gasteiger partial charge >= 0.3 is 0 Å². The van der Waals surface area contributed by atoms with E-state index in [0.717, 1.165) is 36.1 Å². The molecule has 0 saturated heterocycles.